The van der Waals surface area contributed by atoms with Gasteiger partial charge in [-0.05, 0) is 51.2 Å². The predicted octanol–water partition coefficient (Wildman–Crippen LogP) is 2.93. The predicted molar refractivity (Wildman–Crippen MR) is 116 cm³/mol. The van der Waals surface area contributed by atoms with E-state index >= 15 is 0 Å². The van der Waals surface area contributed by atoms with E-state index in [9.17, 15) is 9.59 Å². The molecule has 1 saturated heterocycles. The first-order chi connectivity index (χ1) is 14.5. The molecule has 1 aliphatic heterocycles. The number of nitrogens with one attached hydrogen (secondary N) is 2. The standard InChI is InChI=1S/C22H24N6O2/c1-14(29)25-18-9-17(11-23-13-18)19-4-3-16-12-24-21(10-20(16)26-19)27-22(30)15-5-7-28(2)8-6-15/h3-4,9-13,15H,5-8H2,1-2H3,(H,25,29)(H,24,27,30). The summed E-state index contributed by atoms with van der Waals surface area (Å²) in [6, 6.07) is 7.43. The number of anilines is 2. The summed E-state index contributed by atoms with van der Waals surface area (Å²) >= 11 is 0. The number of hydrogen-bond acceptors (Lipinski definition) is 6. The summed E-state index contributed by atoms with van der Waals surface area (Å²) in [4.78, 5) is 39.4. The summed E-state index contributed by atoms with van der Waals surface area (Å²) in [5, 5.41) is 6.54. The minimum Gasteiger partial charge on any atom is -0.325 e. The van der Waals surface area contributed by atoms with Crippen molar-refractivity contribution in [1.29, 1.82) is 0 Å². The quantitative estimate of drug-likeness (QED) is 0.694. The van der Waals surface area contributed by atoms with Crippen molar-refractivity contribution in [3.8, 4) is 11.3 Å². The minimum absolute atomic E-state index is 0.0123. The Balaban J connectivity index is 1.55. The van der Waals surface area contributed by atoms with Crippen molar-refractivity contribution in [3.63, 3.8) is 0 Å². The van der Waals surface area contributed by atoms with E-state index in [1.54, 1.807) is 24.7 Å². The second kappa shape index (κ2) is 8.54. The maximum absolute atomic E-state index is 12.6. The molecule has 0 atom stereocenters. The van der Waals surface area contributed by atoms with E-state index < -0.39 is 0 Å². The number of fused-ring (bicyclic) bond motifs is 1. The van der Waals surface area contributed by atoms with Crippen molar-refractivity contribution >= 4 is 34.2 Å². The molecule has 1 aliphatic rings. The maximum atomic E-state index is 12.6. The third-order valence-electron chi connectivity index (χ3n) is 5.27. The van der Waals surface area contributed by atoms with Crippen molar-refractivity contribution in [3.05, 3.63) is 42.9 Å². The van der Waals surface area contributed by atoms with Crippen LogP contribution in [0.15, 0.2) is 42.9 Å². The first-order valence-electron chi connectivity index (χ1n) is 9.97. The normalized spacial score (nSPS) is 15.1. The van der Waals surface area contributed by atoms with E-state index in [-0.39, 0.29) is 17.7 Å². The van der Waals surface area contributed by atoms with Crippen LogP contribution in [0.25, 0.3) is 22.2 Å². The molecule has 0 saturated carbocycles. The van der Waals surface area contributed by atoms with E-state index in [4.69, 9.17) is 4.98 Å². The van der Waals surface area contributed by atoms with Gasteiger partial charge in [0.05, 0.1) is 23.1 Å². The third-order valence-corrected chi connectivity index (χ3v) is 5.27. The molecule has 3 aromatic rings. The molecule has 3 aromatic heterocycles. The summed E-state index contributed by atoms with van der Waals surface area (Å²) in [6.07, 6.45) is 6.71. The summed E-state index contributed by atoms with van der Waals surface area (Å²) in [6.45, 7) is 3.31. The van der Waals surface area contributed by atoms with E-state index in [1.165, 1.54) is 6.92 Å². The molecule has 0 aromatic carbocycles. The first-order valence-corrected chi connectivity index (χ1v) is 9.97. The summed E-state index contributed by atoms with van der Waals surface area (Å²) in [7, 11) is 2.07. The highest BCUT2D eigenvalue weighted by atomic mass is 16.2. The van der Waals surface area contributed by atoms with Gasteiger partial charge in [0, 0.05) is 42.3 Å². The lowest BCUT2D eigenvalue weighted by molar-refractivity contribution is -0.121. The van der Waals surface area contributed by atoms with Gasteiger partial charge in [-0.3, -0.25) is 14.6 Å². The minimum atomic E-state index is -0.156. The van der Waals surface area contributed by atoms with Gasteiger partial charge in [-0.15, -0.1) is 0 Å². The molecule has 8 nitrogen and oxygen atoms in total. The van der Waals surface area contributed by atoms with E-state index in [1.807, 2.05) is 18.2 Å². The molecule has 8 heteroatoms. The highest BCUT2D eigenvalue weighted by Gasteiger charge is 2.23. The van der Waals surface area contributed by atoms with E-state index in [2.05, 4.69) is 32.5 Å². The van der Waals surface area contributed by atoms with Gasteiger partial charge in [-0.1, -0.05) is 0 Å². The van der Waals surface area contributed by atoms with E-state index in [0.29, 0.717) is 11.5 Å². The lowest BCUT2D eigenvalue weighted by atomic mass is 9.96. The van der Waals surface area contributed by atoms with Gasteiger partial charge in [0.2, 0.25) is 11.8 Å². The summed E-state index contributed by atoms with van der Waals surface area (Å²) < 4.78 is 0. The molecular formula is C22H24N6O2. The second-order valence-corrected chi connectivity index (χ2v) is 7.67. The lowest BCUT2D eigenvalue weighted by Crippen LogP contribution is -2.36. The fourth-order valence-electron chi connectivity index (χ4n) is 3.60. The smallest absolute Gasteiger partial charge is 0.228 e. The summed E-state index contributed by atoms with van der Waals surface area (Å²) in [5.74, 6) is 0.372. The number of aromatic nitrogens is 3. The largest absolute Gasteiger partial charge is 0.325 e. The zero-order chi connectivity index (χ0) is 21.1. The lowest BCUT2D eigenvalue weighted by Gasteiger charge is -2.27. The first kappa shape index (κ1) is 19.9. The monoisotopic (exact) mass is 404 g/mol. The average Bonchev–Trinajstić information content (AvgIpc) is 2.73. The van der Waals surface area contributed by atoms with Crippen molar-refractivity contribution in [1.82, 2.24) is 19.9 Å². The maximum Gasteiger partial charge on any atom is 0.228 e. The Morgan fingerprint density at radius 2 is 1.87 bits per heavy atom. The Kier molecular flexibility index (Phi) is 5.67. The number of carbonyl (C=O) groups is 2. The van der Waals surface area contributed by atoms with Crippen LogP contribution >= 0.6 is 0 Å². The molecule has 1 fully saturated rings. The van der Waals surface area contributed by atoms with Crippen LogP contribution in [0.2, 0.25) is 0 Å². The molecule has 2 N–H and O–H groups in total. The molecule has 4 heterocycles. The fourth-order valence-corrected chi connectivity index (χ4v) is 3.60. The Labute approximate surface area is 174 Å². The Hall–Kier alpha value is -3.39. The van der Waals surface area contributed by atoms with Gasteiger partial charge in [-0.2, -0.15) is 0 Å². The van der Waals surface area contributed by atoms with Gasteiger partial charge in [0.25, 0.3) is 0 Å². The molecule has 0 bridgehead atoms. The van der Waals surface area contributed by atoms with Gasteiger partial charge in [0.1, 0.15) is 5.82 Å². The fraction of sp³-hybridized carbons (Fsp3) is 0.318. The topological polar surface area (TPSA) is 100 Å². The zero-order valence-electron chi connectivity index (χ0n) is 17.1. The van der Waals surface area contributed by atoms with Crippen LogP contribution < -0.4 is 10.6 Å². The molecule has 0 unspecified atom stereocenters. The highest BCUT2D eigenvalue weighted by Crippen LogP contribution is 2.24. The van der Waals surface area contributed by atoms with Crippen LogP contribution in [0.1, 0.15) is 19.8 Å². The number of carbonyl (C=O) groups excluding carboxylic acids is 2. The molecule has 30 heavy (non-hydrogen) atoms. The molecule has 154 valence electrons. The van der Waals surface area contributed by atoms with Gasteiger partial charge >= 0.3 is 0 Å². The van der Waals surface area contributed by atoms with Gasteiger partial charge < -0.3 is 15.5 Å². The number of likely N-dealkylation sites (tertiary alicyclic amines) is 1. The number of amides is 2. The van der Waals surface area contributed by atoms with E-state index in [0.717, 1.165) is 48.1 Å². The average molecular weight is 404 g/mol. The van der Waals surface area contributed by atoms with Crippen LogP contribution in [-0.2, 0) is 9.59 Å². The molecular weight excluding hydrogens is 380 g/mol. The van der Waals surface area contributed by atoms with Crippen LogP contribution in [0.4, 0.5) is 11.5 Å². The Bertz CT molecular complexity index is 1090. The van der Waals surface area contributed by atoms with Crippen LogP contribution in [0.5, 0.6) is 0 Å². The second-order valence-electron chi connectivity index (χ2n) is 7.67. The van der Waals surface area contributed by atoms with Crippen LogP contribution in [-0.4, -0.2) is 51.8 Å². The Morgan fingerprint density at radius 3 is 2.63 bits per heavy atom. The third kappa shape index (κ3) is 4.60. The van der Waals surface area contributed by atoms with Crippen molar-refractivity contribution in [2.45, 2.75) is 19.8 Å². The number of nitrogens with zero attached hydrogens (tertiary/aromatic N) is 4. The van der Waals surface area contributed by atoms with Crippen molar-refractivity contribution in [2.24, 2.45) is 5.92 Å². The number of hydrogen-bond donors (Lipinski definition) is 2. The number of rotatable bonds is 4. The van der Waals surface area contributed by atoms with Gasteiger partial charge in [0.15, 0.2) is 0 Å². The zero-order valence-corrected chi connectivity index (χ0v) is 17.1. The van der Waals surface area contributed by atoms with Crippen molar-refractivity contribution in [2.75, 3.05) is 30.8 Å². The Morgan fingerprint density at radius 1 is 1.07 bits per heavy atom. The highest BCUT2D eigenvalue weighted by molar-refractivity contribution is 5.94. The summed E-state index contributed by atoms with van der Waals surface area (Å²) in [5.41, 5.74) is 2.85. The van der Waals surface area contributed by atoms with Crippen LogP contribution in [0.3, 0.4) is 0 Å². The SMILES string of the molecule is CC(=O)Nc1cncc(-c2ccc3cnc(NC(=O)C4CCN(C)CC4)cc3n2)c1. The van der Waals surface area contributed by atoms with Crippen molar-refractivity contribution < 1.29 is 9.59 Å². The number of pyridine rings is 3. The molecule has 4 rings (SSSR count). The molecule has 0 spiro atoms. The molecule has 0 radical (unpaired) electrons. The number of piperidine rings is 1. The molecule has 0 aliphatic carbocycles. The molecule has 2 amide bonds. The van der Waals surface area contributed by atoms with Gasteiger partial charge in [-0.25, -0.2) is 9.97 Å². The van der Waals surface area contributed by atoms with Crippen LogP contribution in [0, 0.1) is 5.92 Å².